The van der Waals surface area contributed by atoms with Gasteiger partial charge < -0.3 is 10.5 Å². The van der Waals surface area contributed by atoms with Crippen molar-refractivity contribution in [3.8, 4) is 5.75 Å². The molecule has 2 N–H and O–H groups in total. The Bertz CT molecular complexity index is 398. The molecule has 1 rings (SSSR count). The molecule has 1 aromatic carbocycles. The van der Waals surface area contributed by atoms with E-state index in [2.05, 4.69) is 53.7 Å². The number of hydrogen-bond acceptors (Lipinski definition) is 2. The van der Waals surface area contributed by atoms with Crippen molar-refractivity contribution in [2.75, 3.05) is 7.11 Å². The van der Waals surface area contributed by atoms with Gasteiger partial charge in [-0.25, -0.2) is 0 Å². The molecule has 0 aliphatic carbocycles. The Labute approximate surface area is 118 Å². The van der Waals surface area contributed by atoms with Gasteiger partial charge in [-0.2, -0.15) is 0 Å². The van der Waals surface area contributed by atoms with Gasteiger partial charge in [0.05, 0.1) is 7.11 Å². The summed E-state index contributed by atoms with van der Waals surface area (Å²) in [5, 5.41) is 0. The monoisotopic (exact) mass is 263 g/mol. The van der Waals surface area contributed by atoms with Crippen molar-refractivity contribution in [2.45, 2.75) is 65.3 Å². The molecule has 0 aliphatic rings. The highest BCUT2D eigenvalue weighted by Crippen LogP contribution is 2.36. The summed E-state index contributed by atoms with van der Waals surface area (Å²) >= 11 is 0. The van der Waals surface area contributed by atoms with Crippen LogP contribution in [0.5, 0.6) is 5.75 Å². The van der Waals surface area contributed by atoms with Crippen LogP contribution in [0, 0.1) is 0 Å². The Balaban J connectivity index is 3.37. The van der Waals surface area contributed by atoms with Gasteiger partial charge in [0.25, 0.3) is 0 Å². The molecule has 108 valence electrons. The SMILES string of the molecule is COc1c(C(C)C)cc(CC(C)(C)N)cc1C(C)C. The molecule has 0 fully saturated rings. The van der Waals surface area contributed by atoms with E-state index >= 15 is 0 Å². The van der Waals surface area contributed by atoms with Crippen LogP contribution >= 0.6 is 0 Å². The van der Waals surface area contributed by atoms with Gasteiger partial charge in [0.15, 0.2) is 0 Å². The number of ether oxygens (including phenoxy) is 1. The van der Waals surface area contributed by atoms with Crippen LogP contribution in [0.3, 0.4) is 0 Å². The average Bonchev–Trinajstić information content (AvgIpc) is 2.25. The molecular weight excluding hydrogens is 234 g/mol. The van der Waals surface area contributed by atoms with Gasteiger partial charge in [-0.1, -0.05) is 39.8 Å². The highest BCUT2D eigenvalue weighted by atomic mass is 16.5. The Kier molecular flexibility index (Phi) is 5.03. The van der Waals surface area contributed by atoms with Crippen LogP contribution in [0.15, 0.2) is 12.1 Å². The maximum absolute atomic E-state index is 6.16. The minimum Gasteiger partial charge on any atom is -0.496 e. The predicted octanol–water partition coefficient (Wildman–Crippen LogP) is 4.22. The van der Waals surface area contributed by atoms with Crippen LogP contribution in [-0.2, 0) is 6.42 Å². The molecule has 0 heterocycles. The molecule has 1 aromatic rings. The van der Waals surface area contributed by atoms with Gasteiger partial charge in [-0.15, -0.1) is 0 Å². The summed E-state index contributed by atoms with van der Waals surface area (Å²) in [5.74, 6) is 1.95. The maximum atomic E-state index is 6.16. The minimum absolute atomic E-state index is 0.183. The van der Waals surface area contributed by atoms with E-state index in [0.29, 0.717) is 11.8 Å². The third-order valence-corrected chi connectivity index (χ3v) is 3.31. The first-order chi connectivity index (χ1) is 8.65. The van der Waals surface area contributed by atoms with Crippen molar-refractivity contribution in [3.05, 3.63) is 28.8 Å². The van der Waals surface area contributed by atoms with Crippen LogP contribution < -0.4 is 10.5 Å². The van der Waals surface area contributed by atoms with E-state index in [0.717, 1.165) is 12.2 Å². The topological polar surface area (TPSA) is 35.2 Å². The Morgan fingerprint density at radius 3 is 1.74 bits per heavy atom. The molecule has 0 saturated carbocycles. The second-order valence-electron chi connectivity index (χ2n) is 6.78. The third kappa shape index (κ3) is 4.24. The minimum atomic E-state index is -0.183. The fourth-order valence-electron chi connectivity index (χ4n) is 2.46. The summed E-state index contributed by atoms with van der Waals surface area (Å²) in [4.78, 5) is 0. The molecule has 0 bridgehead atoms. The van der Waals surface area contributed by atoms with Crippen molar-refractivity contribution in [1.82, 2.24) is 0 Å². The molecule has 2 heteroatoms. The summed E-state index contributed by atoms with van der Waals surface area (Å²) in [6.07, 6.45) is 0.885. The molecule has 0 unspecified atom stereocenters. The van der Waals surface area contributed by atoms with Crippen molar-refractivity contribution < 1.29 is 4.74 Å². The predicted molar refractivity (Wildman–Crippen MR) is 83.1 cm³/mol. The molecular formula is C17H29NO. The van der Waals surface area contributed by atoms with Crippen LogP contribution in [0.4, 0.5) is 0 Å². The van der Waals surface area contributed by atoms with Gasteiger partial charge >= 0.3 is 0 Å². The van der Waals surface area contributed by atoms with Crippen LogP contribution in [0.1, 0.15) is 70.1 Å². The maximum Gasteiger partial charge on any atom is 0.125 e. The van der Waals surface area contributed by atoms with E-state index in [-0.39, 0.29) is 5.54 Å². The van der Waals surface area contributed by atoms with E-state index in [1.807, 2.05) is 0 Å². The molecule has 19 heavy (non-hydrogen) atoms. The largest absolute Gasteiger partial charge is 0.496 e. The zero-order chi connectivity index (χ0) is 14.8. The lowest BCUT2D eigenvalue weighted by molar-refractivity contribution is 0.399. The lowest BCUT2D eigenvalue weighted by Crippen LogP contribution is -2.34. The highest BCUT2D eigenvalue weighted by Gasteiger charge is 2.19. The van der Waals surface area contributed by atoms with Crippen molar-refractivity contribution >= 4 is 0 Å². The van der Waals surface area contributed by atoms with Crippen LogP contribution in [0.2, 0.25) is 0 Å². The van der Waals surface area contributed by atoms with Crippen LogP contribution in [-0.4, -0.2) is 12.6 Å². The van der Waals surface area contributed by atoms with Gasteiger partial charge in [-0.05, 0) is 48.8 Å². The molecule has 0 radical (unpaired) electrons. The number of hydrogen-bond donors (Lipinski definition) is 1. The summed E-state index contributed by atoms with van der Waals surface area (Å²) in [6.45, 7) is 13.0. The molecule has 0 amide bonds. The van der Waals surface area contributed by atoms with Gasteiger partial charge in [0, 0.05) is 5.54 Å². The smallest absolute Gasteiger partial charge is 0.125 e. The standard InChI is InChI=1S/C17H29NO/c1-11(2)14-8-13(10-17(5,6)18)9-15(12(3)4)16(14)19-7/h8-9,11-12H,10,18H2,1-7H3. The van der Waals surface area contributed by atoms with E-state index in [9.17, 15) is 0 Å². The summed E-state index contributed by atoms with van der Waals surface area (Å²) in [5.41, 5.74) is 9.85. The van der Waals surface area contributed by atoms with Crippen LogP contribution in [0.25, 0.3) is 0 Å². The Hall–Kier alpha value is -1.02. The van der Waals surface area contributed by atoms with Crippen molar-refractivity contribution in [1.29, 1.82) is 0 Å². The lowest BCUT2D eigenvalue weighted by atomic mass is 9.87. The first kappa shape index (κ1) is 16.0. The Morgan fingerprint density at radius 2 is 1.47 bits per heavy atom. The second-order valence-corrected chi connectivity index (χ2v) is 6.78. The lowest BCUT2D eigenvalue weighted by Gasteiger charge is -2.23. The summed E-state index contributed by atoms with van der Waals surface area (Å²) < 4.78 is 5.65. The van der Waals surface area contributed by atoms with Crippen molar-refractivity contribution in [2.24, 2.45) is 5.73 Å². The quantitative estimate of drug-likeness (QED) is 0.863. The fraction of sp³-hybridized carbons (Fsp3) is 0.647. The fourth-order valence-corrected chi connectivity index (χ4v) is 2.46. The van der Waals surface area contributed by atoms with Gasteiger partial charge in [0.1, 0.15) is 5.75 Å². The van der Waals surface area contributed by atoms with E-state index in [1.54, 1.807) is 7.11 Å². The zero-order valence-electron chi connectivity index (χ0n) is 13.5. The number of nitrogens with two attached hydrogens (primary N) is 1. The normalized spacial score (nSPS) is 12.3. The highest BCUT2D eigenvalue weighted by molar-refractivity contribution is 5.48. The summed E-state index contributed by atoms with van der Waals surface area (Å²) in [7, 11) is 1.76. The molecule has 0 aliphatic heterocycles. The molecule has 0 saturated heterocycles. The van der Waals surface area contributed by atoms with Gasteiger partial charge in [0.2, 0.25) is 0 Å². The molecule has 0 spiro atoms. The Morgan fingerprint density at radius 1 is 1.05 bits per heavy atom. The third-order valence-electron chi connectivity index (χ3n) is 3.31. The number of rotatable bonds is 5. The van der Waals surface area contributed by atoms with E-state index in [4.69, 9.17) is 10.5 Å². The summed E-state index contributed by atoms with van der Waals surface area (Å²) in [6, 6.07) is 4.51. The first-order valence-electron chi connectivity index (χ1n) is 7.15. The molecule has 2 nitrogen and oxygen atoms in total. The van der Waals surface area contributed by atoms with E-state index in [1.165, 1.54) is 16.7 Å². The first-order valence-corrected chi connectivity index (χ1v) is 7.15. The number of methoxy groups -OCH3 is 1. The van der Waals surface area contributed by atoms with Crippen molar-refractivity contribution in [3.63, 3.8) is 0 Å². The zero-order valence-corrected chi connectivity index (χ0v) is 13.5. The van der Waals surface area contributed by atoms with E-state index < -0.39 is 0 Å². The molecule has 0 aromatic heterocycles. The van der Waals surface area contributed by atoms with Gasteiger partial charge in [-0.3, -0.25) is 0 Å². The number of benzene rings is 1. The second kappa shape index (κ2) is 5.96. The average molecular weight is 263 g/mol. The molecule has 0 atom stereocenters.